The standard InChI is InChI=1S/C17H29N5O/c1-12(2)14(18)11-21(5)17-16(19-4)15(10-13(3)20-17)22-6-8-23-9-7-22/h10,12,14H,4,6-9,11,18H2,1-3,5H3. The number of hydrogen-bond donors (Lipinski definition) is 1. The van der Waals surface area contributed by atoms with Crippen molar-refractivity contribution >= 4 is 23.9 Å². The van der Waals surface area contributed by atoms with E-state index in [1.165, 1.54) is 0 Å². The van der Waals surface area contributed by atoms with E-state index in [1.54, 1.807) is 0 Å². The highest BCUT2D eigenvalue weighted by atomic mass is 16.5. The molecule has 0 saturated carbocycles. The summed E-state index contributed by atoms with van der Waals surface area (Å²) in [6, 6.07) is 2.17. The number of pyridine rings is 1. The molecule has 1 fully saturated rings. The van der Waals surface area contributed by atoms with Gasteiger partial charge in [0, 0.05) is 38.4 Å². The van der Waals surface area contributed by atoms with Crippen LogP contribution in [0.5, 0.6) is 0 Å². The first-order valence-corrected chi connectivity index (χ1v) is 8.21. The molecule has 1 aliphatic rings. The van der Waals surface area contributed by atoms with E-state index in [0.717, 1.165) is 55.7 Å². The Bertz CT molecular complexity index is 540. The molecule has 1 unspecified atom stereocenters. The summed E-state index contributed by atoms with van der Waals surface area (Å²) in [6.45, 7) is 14.0. The van der Waals surface area contributed by atoms with Gasteiger partial charge in [0.15, 0.2) is 5.82 Å². The number of rotatable bonds is 6. The molecule has 0 amide bonds. The monoisotopic (exact) mass is 319 g/mol. The van der Waals surface area contributed by atoms with Crippen molar-refractivity contribution in [2.24, 2.45) is 16.6 Å². The summed E-state index contributed by atoms with van der Waals surface area (Å²) in [5, 5.41) is 0. The second kappa shape index (κ2) is 7.75. The first kappa shape index (κ1) is 17.7. The molecule has 0 aliphatic carbocycles. The number of likely N-dealkylation sites (N-methyl/N-ethyl adjacent to an activating group) is 1. The third kappa shape index (κ3) is 4.20. The molecule has 0 spiro atoms. The Morgan fingerprint density at radius 1 is 1.43 bits per heavy atom. The van der Waals surface area contributed by atoms with E-state index in [-0.39, 0.29) is 6.04 Å². The molecular weight excluding hydrogens is 290 g/mol. The van der Waals surface area contributed by atoms with E-state index in [1.807, 2.05) is 14.0 Å². The van der Waals surface area contributed by atoms with Crippen molar-refractivity contribution in [3.8, 4) is 0 Å². The van der Waals surface area contributed by atoms with Gasteiger partial charge in [-0.05, 0) is 25.6 Å². The number of aliphatic imine (C=N–C) groups is 1. The molecule has 1 atom stereocenters. The third-order valence-corrected chi connectivity index (χ3v) is 4.29. The zero-order chi connectivity index (χ0) is 17.0. The first-order valence-electron chi connectivity index (χ1n) is 8.21. The van der Waals surface area contributed by atoms with Gasteiger partial charge >= 0.3 is 0 Å². The number of anilines is 2. The van der Waals surface area contributed by atoms with Crippen LogP contribution in [0.1, 0.15) is 19.5 Å². The molecule has 1 saturated heterocycles. The highest BCUT2D eigenvalue weighted by molar-refractivity contribution is 5.80. The lowest BCUT2D eigenvalue weighted by Crippen LogP contribution is -2.40. The Balaban J connectivity index is 2.34. The zero-order valence-electron chi connectivity index (χ0n) is 14.7. The summed E-state index contributed by atoms with van der Waals surface area (Å²) in [7, 11) is 2.02. The van der Waals surface area contributed by atoms with Crippen molar-refractivity contribution in [3.63, 3.8) is 0 Å². The molecule has 128 valence electrons. The summed E-state index contributed by atoms with van der Waals surface area (Å²) in [6.07, 6.45) is 0. The van der Waals surface area contributed by atoms with Crippen LogP contribution < -0.4 is 15.5 Å². The minimum absolute atomic E-state index is 0.0896. The average Bonchev–Trinajstić information content (AvgIpc) is 2.54. The van der Waals surface area contributed by atoms with Gasteiger partial charge in [-0.2, -0.15) is 0 Å². The molecule has 2 N–H and O–H groups in total. The predicted molar refractivity (Wildman–Crippen MR) is 97.3 cm³/mol. The molecule has 1 aromatic rings. The molecular formula is C17H29N5O. The minimum Gasteiger partial charge on any atom is -0.378 e. The number of nitrogens with two attached hydrogens (primary N) is 1. The first-order chi connectivity index (χ1) is 10.9. The zero-order valence-corrected chi connectivity index (χ0v) is 14.7. The van der Waals surface area contributed by atoms with Crippen LogP contribution in [0.2, 0.25) is 0 Å². The Labute approximate surface area is 139 Å². The Morgan fingerprint density at radius 2 is 2.09 bits per heavy atom. The number of nitrogens with zero attached hydrogens (tertiary/aromatic N) is 4. The number of morpholine rings is 1. The maximum atomic E-state index is 6.22. The highest BCUT2D eigenvalue weighted by Gasteiger charge is 2.21. The van der Waals surface area contributed by atoms with E-state index < -0.39 is 0 Å². The number of aryl methyl sites for hydroxylation is 1. The molecule has 0 radical (unpaired) electrons. The SMILES string of the molecule is C=Nc1c(N2CCOCC2)cc(C)nc1N(C)CC(N)C(C)C. The fraction of sp³-hybridized carbons (Fsp3) is 0.647. The van der Waals surface area contributed by atoms with Crippen molar-refractivity contribution < 1.29 is 4.74 Å². The Hall–Kier alpha value is -1.66. The topological polar surface area (TPSA) is 67.0 Å². The average molecular weight is 319 g/mol. The quantitative estimate of drug-likeness (QED) is 0.812. The van der Waals surface area contributed by atoms with Crippen LogP contribution in [0.4, 0.5) is 17.2 Å². The number of hydrogen-bond acceptors (Lipinski definition) is 6. The fourth-order valence-corrected chi connectivity index (χ4v) is 2.71. The summed E-state index contributed by atoms with van der Waals surface area (Å²) in [4.78, 5) is 13.4. The molecule has 6 heteroatoms. The van der Waals surface area contributed by atoms with Crippen molar-refractivity contribution in [2.45, 2.75) is 26.8 Å². The van der Waals surface area contributed by atoms with Crippen LogP contribution in [0, 0.1) is 12.8 Å². The number of aromatic nitrogens is 1. The van der Waals surface area contributed by atoms with Crippen molar-refractivity contribution in [2.75, 3.05) is 49.7 Å². The maximum Gasteiger partial charge on any atom is 0.156 e. The molecule has 0 aromatic carbocycles. The lowest BCUT2D eigenvalue weighted by Gasteiger charge is -2.32. The van der Waals surface area contributed by atoms with Gasteiger partial charge in [0.05, 0.1) is 18.9 Å². The molecule has 2 heterocycles. The molecule has 1 aliphatic heterocycles. The number of ether oxygens (including phenoxy) is 1. The second-order valence-electron chi connectivity index (χ2n) is 6.50. The summed E-state index contributed by atoms with van der Waals surface area (Å²) < 4.78 is 5.45. The summed E-state index contributed by atoms with van der Waals surface area (Å²) in [5.74, 6) is 1.26. The van der Waals surface area contributed by atoms with Crippen LogP contribution in [0.15, 0.2) is 11.1 Å². The van der Waals surface area contributed by atoms with Crippen LogP contribution >= 0.6 is 0 Å². The second-order valence-corrected chi connectivity index (χ2v) is 6.50. The van der Waals surface area contributed by atoms with Crippen molar-refractivity contribution in [1.29, 1.82) is 0 Å². The lowest BCUT2D eigenvalue weighted by molar-refractivity contribution is 0.122. The molecule has 2 rings (SSSR count). The largest absolute Gasteiger partial charge is 0.378 e. The Morgan fingerprint density at radius 3 is 2.65 bits per heavy atom. The van der Waals surface area contributed by atoms with Crippen molar-refractivity contribution in [3.05, 3.63) is 11.8 Å². The maximum absolute atomic E-state index is 6.22. The molecule has 1 aromatic heterocycles. The van der Waals surface area contributed by atoms with Gasteiger partial charge in [-0.3, -0.25) is 4.99 Å². The van der Waals surface area contributed by atoms with Gasteiger partial charge in [0.2, 0.25) is 0 Å². The minimum atomic E-state index is 0.0896. The molecule has 0 bridgehead atoms. The van der Waals surface area contributed by atoms with Gasteiger partial charge in [-0.15, -0.1) is 0 Å². The van der Waals surface area contributed by atoms with Gasteiger partial charge in [-0.1, -0.05) is 13.8 Å². The van der Waals surface area contributed by atoms with Crippen molar-refractivity contribution in [1.82, 2.24) is 4.98 Å². The van der Waals surface area contributed by atoms with Crippen LogP contribution in [0.3, 0.4) is 0 Å². The molecule has 6 nitrogen and oxygen atoms in total. The van der Waals surface area contributed by atoms with Gasteiger partial charge in [-0.25, -0.2) is 4.98 Å². The van der Waals surface area contributed by atoms with E-state index >= 15 is 0 Å². The molecule has 23 heavy (non-hydrogen) atoms. The van der Waals surface area contributed by atoms with E-state index in [0.29, 0.717) is 5.92 Å². The van der Waals surface area contributed by atoms with E-state index in [2.05, 4.69) is 41.4 Å². The predicted octanol–water partition coefficient (Wildman–Crippen LogP) is 1.98. The smallest absolute Gasteiger partial charge is 0.156 e. The van der Waals surface area contributed by atoms with Crippen LogP contribution in [-0.4, -0.2) is 57.6 Å². The van der Waals surface area contributed by atoms with Gasteiger partial charge in [0.25, 0.3) is 0 Å². The Kier molecular flexibility index (Phi) is 5.96. The lowest BCUT2D eigenvalue weighted by atomic mass is 10.1. The highest BCUT2D eigenvalue weighted by Crippen LogP contribution is 2.37. The summed E-state index contributed by atoms with van der Waals surface area (Å²) in [5.41, 5.74) is 9.10. The fourth-order valence-electron chi connectivity index (χ4n) is 2.71. The van der Waals surface area contributed by atoms with Gasteiger partial charge in [0.1, 0.15) is 5.69 Å². The van der Waals surface area contributed by atoms with Crippen LogP contribution in [0.25, 0.3) is 0 Å². The summed E-state index contributed by atoms with van der Waals surface area (Å²) >= 11 is 0. The van der Waals surface area contributed by atoms with Gasteiger partial charge < -0.3 is 20.3 Å². The normalized spacial score (nSPS) is 16.5. The van der Waals surface area contributed by atoms with E-state index in [4.69, 9.17) is 15.5 Å². The third-order valence-electron chi connectivity index (χ3n) is 4.29. The van der Waals surface area contributed by atoms with Crippen LogP contribution in [-0.2, 0) is 4.74 Å². The van der Waals surface area contributed by atoms with E-state index in [9.17, 15) is 0 Å².